The summed E-state index contributed by atoms with van der Waals surface area (Å²) in [7, 11) is -1.51. The average molecular weight is 226 g/mol. The highest BCUT2D eigenvalue weighted by Crippen LogP contribution is 2.12. The Balaban J connectivity index is 3.24. The van der Waals surface area contributed by atoms with E-state index in [1.165, 1.54) is 6.08 Å². The number of aryl methyl sites for hydroxylation is 1. The fourth-order valence-corrected chi connectivity index (χ4v) is 1.48. The van der Waals surface area contributed by atoms with E-state index in [9.17, 15) is 0 Å². The second kappa shape index (κ2) is 5.86. The molecule has 84 valence electrons. The van der Waals surface area contributed by atoms with Gasteiger partial charge in [0.15, 0.2) is 0 Å². The summed E-state index contributed by atoms with van der Waals surface area (Å²) < 4.78 is 0. The van der Waals surface area contributed by atoms with Crippen LogP contribution < -0.4 is 5.46 Å². The molecule has 1 aromatic rings. The molecular formula is C12H11BN2O2. The van der Waals surface area contributed by atoms with E-state index in [0.29, 0.717) is 11.9 Å². The number of nitriles is 2. The highest BCUT2D eigenvalue weighted by Gasteiger charge is 2.12. The van der Waals surface area contributed by atoms with Crippen LogP contribution in [0, 0.1) is 22.7 Å². The summed E-state index contributed by atoms with van der Waals surface area (Å²) in [6.45, 7) is 1.92. The van der Waals surface area contributed by atoms with Gasteiger partial charge in [-0.2, -0.15) is 10.5 Å². The SMILES string of the molecule is CCc1cc(B(O)O)ccc1C=C(C#N)C#N. The number of rotatable bonds is 3. The molecule has 0 bridgehead atoms. The van der Waals surface area contributed by atoms with Crippen molar-refractivity contribution >= 4 is 18.7 Å². The molecule has 4 nitrogen and oxygen atoms in total. The molecule has 5 heteroatoms. The van der Waals surface area contributed by atoms with Crippen LogP contribution in [0.1, 0.15) is 18.1 Å². The van der Waals surface area contributed by atoms with E-state index < -0.39 is 7.12 Å². The molecule has 17 heavy (non-hydrogen) atoms. The van der Waals surface area contributed by atoms with Crippen LogP contribution in [0.2, 0.25) is 0 Å². The molecule has 0 radical (unpaired) electrons. The largest absolute Gasteiger partial charge is 0.488 e. The van der Waals surface area contributed by atoms with Crippen molar-refractivity contribution < 1.29 is 10.0 Å². The van der Waals surface area contributed by atoms with E-state index in [4.69, 9.17) is 20.6 Å². The van der Waals surface area contributed by atoms with Gasteiger partial charge in [0.25, 0.3) is 0 Å². The summed E-state index contributed by atoms with van der Waals surface area (Å²) >= 11 is 0. The van der Waals surface area contributed by atoms with Crippen molar-refractivity contribution in [3.8, 4) is 12.1 Å². The smallest absolute Gasteiger partial charge is 0.423 e. The highest BCUT2D eigenvalue weighted by atomic mass is 16.4. The van der Waals surface area contributed by atoms with Crippen molar-refractivity contribution in [2.24, 2.45) is 0 Å². The standard InChI is InChI=1S/C12H11BN2O2/c1-2-10-6-12(13(16)17)4-3-11(10)5-9(7-14)8-15/h3-6,16-17H,2H2,1H3. The van der Waals surface area contributed by atoms with Crippen molar-refractivity contribution in [3.05, 3.63) is 34.9 Å². The molecule has 0 aliphatic heterocycles. The van der Waals surface area contributed by atoms with E-state index in [1.54, 1.807) is 30.3 Å². The molecule has 1 aromatic carbocycles. The second-order valence-electron chi connectivity index (χ2n) is 3.47. The quantitative estimate of drug-likeness (QED) is 0.575. The molecule has 0 spiro atoms. The first-order chi connectivity index (χ1) is 8.12. The molecule has 2 N–H and O–H groups in total. The van der Waals surface area contributed by atoms with Crippen LogP contribution in [0.25, 0.3) is 6.08 Å². The van der Waals surface area contributed by atoms with Crippen LogP contribution in [-0.2, 0) is 6.42 Å². The van der Waals surface area contributed by atoms with Crippen LogP contribution >= 0.6 is 0 Å². The molecule has 0 saturated carbocycles. The first-order valence-electron chi connectivity index (χ1n) is 5.13. The second-order valence-corrected chi connectivity index (χ2v) is 3.47. The van der Waals surface area contributed by atoms with Crippen LogP contribution in [-0.4, -0.2) is 17.2 Å². The van der Waals surface area contributed by atoms with Crippen LogP contribution in [0.15, 0.2) is 23.8 Å². The predicted molar refractivity (Wildman–Crippen MR) is 64.8 cm³/mol. The van der Waals surface area contributed by atoms with Crippen molar-refractivity contribution in [1.29, 1.82) is 10.5 Å². The lowest BCUT2D eigenvalue weighted by Gasteiger charge is -2.06. The molecule has 0 aliphatic carbocycles. The van der Waals surface area contributed by atoms with E-state index in [1.807, 2.05) is 6.92 Å². The number of allylic oxidation sites excluding steroid dienone is 1. The zero-order chi connectivity index (χ0) is 12.8. The Kier molecular flexibility index (Phi) is 4.48. The van der Waals surface area contributed by atoms with Gasteiger partial charge in [-0.1, -0.05) is 25.1 Å². The van der Waals surface area contributed by atoms with Gasteiger partial charge in [0.05, 0.1) is 0 Å². The number of benzene rings is 1. The van der Waals surface area contributed by atoms with Gasteiger partial charge in [-0.05, 0) is 29.1 Å². The molecule has 0 fully saturated rings. The third-order valence-corrected chi connectivity index (χ3v) is 2.39. The van der Waals surface area contributed by atoms with Crippen molar-refractivity contribution in [2.45, 2.75) is 13.3 Å². The minimum atomic E-state index is -1.51. The van der Waals surface area contributed by atoms with Crippen LogP contribution in [0.3, 0.4) is 0 Å². The predicted octanol–water partition coefficient (Wildman–Crippen LogP) is 0.359. The van der Waals surface area contributed by atoms with Gasteiger partial charge in [-0.15, -0.1) is 0 Å². The van der Waals surface area contributed by atoms with Crippen molar-refractivity contribution in [3.63, 3.8) is 0 Å². The zero-order valence-electron chi connectivity index (χ0n) is 9.38. The molecule has 0 aliphatic rings. The molecule has 0 atom stereocenters. The van der Waals surface area contributed by atoms with Gasteiger partial charge in [0, 0.05) is 0 Å². The Bertz CT molecular complexity index is 508. The zero-order valence-corrected chi connectivity index (χ0v) is 9.38. The molecular weight excluding hydrogens is 215 g/mol. The highest BCUT2D eigenvalue weighted by molar-refractivity contribution is 6.58. The minimum absolute atomic E-state index is 0.0250. The van der Waals surface area contributed by atoms with Gasteiger partial charge in [-0.25, -0.2) is 0 Å². The van der Waals surface area contributed by atoms with Gasteiger partial charge in [-0.3, -0.25) is 0 Å². The summed E-state index contributed by atoms with van der Waals surface area (Å²) in [6.07, 6.45) is 2.17. The molecule has 0 saturated heterocycles. The van der Waals surface area contributed by atoms with Gasteiger partial charge in [0.1, 0.15) is 17.7 Å². The van der Waals surface area contributed by atoms with E-state index >= 15 is 0 Å². The van der Waals surface area contributed by atoms with Gasteiger partial charge >= 0.3 is 7.12 Å². The summed E-state index contributed by atoms with van der Waals surface area (Å²) in [4.78, 5) is 0. The molecule has 0 unspecified atom stereocenters. The third-order valence-electron chi connectivity index (χ3n) is 2.39. The fourth-order valence-electron chi connectivity index (χ4n) is 1.48. The van der Waals surface area contributed by atoms with E-state index in [2.05, 4.69) is 0 Å². The maximum absolute atomic E-state index is 9.04. The minimum Gasteiger partial charge on any atom is -0.423 e. The Hall–Kier alpha value is -2.08. The Morgan fingerprint density at radius 2 is 2.00 bits per heavy atom. The van der Waals surface area contributed by atoms with Gasteiger partial charge < -0.3 is 10.0 Å². The fraction of sp³-hybridized carbons (Fsp3) is 0.167. The molecule has 0 aromatic heterocycles. The molecule has 0 heterocycles. The number of hydrogen-bond acceptors (Lipinski definition) is 4. The lowest BCUT2D eigenvalue weighted by atomic mass is 9.78. The Morgan fingerprint density at radius 1 is 1.35 bits per heavy atom. The van der Waals surface area contributed by atoms with E-state index in [-0.39, 0.29) is 5.57 Å². The van der Waals surface area contributed by atoms with Gasteiger partial charge in [0.2, 0.25) is 0 Å². The summed E-state index contributed by atoms with van der Waals surface area (Å²) in [5.41, 5.74) is 2.03. The first-order valence-corrected chi connectivity index (χ1v) is 5.13. The molecule has 1 rings (SSSR count). The lowest BCUT2D eigenvalue weighted by Crippen LogP contribution is -2.30. The van der Waals surface area contributed by atoms with Crippen molar-refractivity contribution in [2.75, 3.05) is 0 Å². The summed E-state index contributed by atoms with van der Waals surface area (Å²) in [5, 5.41) is 35.4. The summed E-state index contributed by atoms with van der Waals surface area (Å²) in [5.74, 6) is 0. The van der Waals surface area contributed by atoms with E-state index in [0.717, 1.165) is 11.1 Å². The third kappa shape index (κ3) is 3.19. The maximum Gasteiger partial charge on any atom is 0.488 e. The Labute approximate surface area is 100 Å². The van der Waals surface area contributed by atoms with Crippen LogP contribution in [0.5, 0.6) is 0 Å². The summed E-state index contributed by atoms with van der Waals surface area (Å²) in [6, 6.07) is 8.46. The molecule has 0 amide bonds. The first kappa shape index (κ1) is 13.0. The number of hydrogen-bond donors (Lipinski definition) is 2. The van der Waals surface area contributed by atoms with Crippen molar-refractivity contribution in [1.82, 2.24) is 0 Å². The normalized spacial score (nSPS) is 9.00. The maximum atomic E-state index is 9.04. The topological polar surface area (TPSA) is 88.0 Å². The number of nitrogens with zero attached hydrogens (tertiary/aromatic N) is 2. The monoisotopic (exact) mass is 226 g/mol. The Morgan fingerprint density at radius 3 is 2.47 bits per heavy atom. The average Bonchev–Trinajstić information content (AvgIpc) is 2.35. The lowest BCUT2D eigenvalue weighted by molar-refractivity contribution is 0.425. The van der Waals surface area contributed by atoms with Crippen LogP contribution in [0.4, 0.5) is 0 Å².